The van der Waals surface area contributed by atoms with Gasteiger partial charge in [-0.2, -0.15) is 5.10 Å². The number of nitrogens with one attached hydrogen (secondary N) is 2. The predicted molar refractivity (Wildman–Crippen MR) is 101 cm³/mol. The zero-order chi connectivity index (χ0) is 17.0. The average molecular weight is 371 g/mol. The second-order valence-electron chi connectivity index (χ2n) is 6.37. The van der Waals surface area contributed by atoms with Crippen LogP contribution in [0.25, 0.3) is 0 Å². The number of nitrogens with zero attached hydrogens (tertiary/aromatic N) is 2. The van der Waals surface area contributed by atoms with Crippen molar-refractivity contribution in [3.8, 4) is 0 Å². The third kappa shape index (κ3) is 5.37. The van der Waals surface area contributed by atoms with Crippen LogP contribution < -0.4 is 10.6 Å². The molecule has 0 bridgehead atoms. The summed E-state index contributed by atoms with van der Waals surface area (Å²) in [6.45, 7) is 7.18. The first kappa shape index (κ1) is 18.0. The predicted octanol–water partition coefficient (Wildman–Crippen LogP) is 4.59. The molecule has 0 saturated heterocycles. The highest BCUT2D eigenvalue weighted by molar-refractivity contribution is 7.80. The SMILES string of the molecule is CC(C)(C)C(Cn1cccn1)NC(=S)Nc1cc(Cl)ccc1Cl. The Morgan fingerprint density at radius 2 is 2.09 bits per heavy atom. The summed E-state index contributed by atoms with van der Waals surface area (Å²) in [5, 5.41) is 12.4. The van der Waals surface area contributed by atoms with Gasteiger partial charge in [0.05, 0.1) is 23.3 Å². The molecule has 1 aromatic heterocycles. The molecule has 0 amide bonds. The zero-order valence-corrected chi connectivity index (χ0v) is 15.6. The molecule has 0 radical (unpaired) electrons. The van der Waals surface area contributed by atoms with Gasteiger partial charge in [0.1, 0.15) is 0 Å². The first-order valence-electron chi connectivity index (χ1n) is 7.26. The highest BCUT2D eigenvalue weighted by Crippen LogP contribution is 2.26. The summed E-state index contributed by atoms with van der Waals surface area (Å²) >= 11 is 17.6. The van der Waals surface area contributed by atoms with Crippen LogP contribution >= 0.6 is 35.4 Å². The van der Waals surface area contributed by atoms with Crippen molar-refractivity contribution in [2.75, 3.05) is 5.32 Å². The maximum absolute atomic E-state index is 6.16. The monoisotopic (exact) mass is 370 g/mol. The van der Waals surface area contributed by atoms with Crippen molar-refractivity contribution >= 4 is 46.2 Å². The molecular formula is C16H20Cl2N4S. The number of benzene rings is 1. The van der Waals surface area contributed by atoms with E-state index >= 15 is 0 Å². The number of thiocarbonyl (C=S) groups is 1. The molecule has 0 fully saturated rings. The highest BCUT2D eigenvalue weighted by atomic mass is 35.5. The van der Waals surface area contributed by atoms with Gasteiger partial charge >= 0.3 is 0 Å². The first-order valence-corrected chi connectivity index (χ1v) is 8.42. The normalized spacial score (nSPS) is 12.7. The largest absolute Gasteiger partial charge is 0.357 e. The number of anilines is 1. The summed E-state index contributed by atoms with van der Waals surface area (Å²) in [7, 11) is 0. The van der Waals surface area contributed by atoms with Crippen LogP contribution in [0.3, 0.4) is 0 Å². The van der Waals surface area contributed by atoms with Gasteiger partial charge < -0.3 is 10.6 Å². The Bertz CT molecular complexity index is 665. The summed E-state index contributed by atoms with van der Waals surface area (Å²) in [5.74, 6) is 0. The molecule has 0 aliphatic rings. The van der Waals surface area contributed by atoms with Crippen LogP contribution in [0.5, 0.6) is 0 Å². The Morgan fingerprint density at radius 3 is 2.70 bits per heavy atom. The van der Waals surface area contributed by atoms with Gasteiger partial charge in [0.15, 0.2) is 5.11 Å². The van der Waals surface area contributed by atoms with E-state index < -0.39 is 0 Å². The van der Waals surface area contributed by atoms with Crippen molar-refractivity contribution in [3.63, 3.8) is 0 Å². The molecule has 124 valence electrons. The summed E-state index contributed by atoms with van der Waals surface area (Å²) in [5.41, 5.74) is 0.680. The van der Waals surface area contributed by atoms with E-state index in [1.807, 2.05) is 16.9 Å². The summed E-state index contributed by atoms with van der Waals surface area (Å²) < 4.78 is 1.89. The van der Waals surface area contributed by atoms with Crippen molar-refractivity contribution in [2.45, 2.75) is 33.4 Å². The molecule has 2 aromatic rings. The Morgan fingerprint density at radius 1 is 1.35 bits per heavy atom. The van der Waals surface area contributed by atoms with Gasteiger partial charge in [0, 0.05) is 17.4 Å². The lowest BCUT2D eigenvalue weighted by Gasteiger charge is -2.32. The van der Waals surface area contributed by atoms with Gasteiger partial charge in [0.2, 0.25) is 0 Å². The topological polar surface area (TPSA) is 41.9 Å². The molecule has 7 heteroatoms. The first-order chi connectivity index (χ1) is 10.8. The lowest BCUT2D eigenvalue weighted by atomic mass is 9.87. The van der Waals surface area contributed by atoms with E-state index in [1.165, 1.54) is 0 Å². The van der Waals surface area contributed by atoms with Crippen molar-refractivity contribution in [3.05, 3.63) is 46.7 Å². The molecule has 0 saturated carbocycles. The van der Waals surface area contributed by atoms with Crippen LogP contribution in [0.15, 0.2) is 36.7 Å². The van der Waals surface area contributed by atoms with Gasteiger partial charge in [-0.05, 0) is 41.9 Å². The molecule has 1 heterocycles. The van der Waals surface area contributed by atoms with E-state index in [0.29, 0.717) is 27.4 Å². The minimum Gasteiger partial charge on any atom is -0.357 e. The van der Waals surface area contributed by atoms with Crippen LogP contribution in [0.1, 0.15) is 20.8 Å². The van der Waals surface area contributed by atoms with Crippen LogP contribution in [0, 0.1) is 5.41 Å². The van der Waals surface area contributed by atoms with Crippen molar-refractivity contribution < 1.29 is 0 Å². The number of halogens is 2. The molecule has 23 heavy (non-hydrogen) atoms. The quantitative estimate of drug-likeness (QED) is 0.772. The summed E-state index contributed by atoms with van der Waals surface area (Å²) in [6, 6.07) is 7.22. The van der Waals surface area contributed by atoms with Gasteiger partial charge in [-0.15, -0.1) is 0 Å². The third-order valence-corrected chi connectivity index (χ3v) is 4.24. The smallest absolute Gasteiger partial charge is 0.171 e. The second kappa shape index (κ2) is 7.51. The van der Waals surface area contributed by atoms with E-state index in [2.05, 4.69) is 36.5 Å². The minimum atomic E-state index is -0.00415. The molecule has 4 nitrogen and oxygen atoms in total. The molecule has 2 N–H and O–H groups in total. The fourth-order valence-corrected chi connectivity index (χ4v) is 2.63. The van der Waals surface area contributed by atoms with E-state index in [1.54, 1.807) is 24.4 Å². The van der Waals surface area contributed by atoms with Crippen molar-refractivity contribution in [1.29, 1.82) is 0 Å². The summed E-state index contributed by atoms with van der Waals surface area (Å²) in [4.78, 5) is 0. The molecule has 0 aliphatic heterocycles. The Labute approximate surface area is 152 Å². The number of hydrogen-bond donors (Lipinski definition) is 2. The van der Waals surface area contributed by atoms with Crippen LogP contribution in [0.2, 0.25) is 10.0 Å². The Balaban J connectivity index is 2.07. The van der Waals surface area contributed by atoms with Crippen LogP contribution in [-0.4, -0.2) is 20.9 Å². The summed E-state index contributed by atoms with van der Waals surface area (Å²) in [6.07, 6.45) is 3.70. The maximum atomic E-state index is 6.16. The fourth-order valence-electron chi connectivity index (χ4n) is 2.04. The van der Waals surface area contributed by atoms with Crippen LogP contribution in [0.4, 0.5) is 5.69 Å². The Hall–Kier alpha value is -1.30. The minimum absolute atomic E-state index is 0.00415. The maximum Gasteiger partial charge on any atom is 0.171 e. The van der Waals surface area contributed by atoms with Gasteiger partial charge in [-0.3, -0.25) is 4.68 Å². The van der Waals surface area contributed by atoms with E-state index in [9.17, 15) is 0 Å². The van der Waals surface area contributed by atoms with Gasteiger partial charge in [-0.1, -0.05) is 44.0 Å². The molecular weight excluding hydrogens is 351 g/mol. The molecule has 2 rings (SSSR count). The molecule has 0 aliphatic carbocycles. The average Bonchev–Trinajstić information content (AvgIpc) is 2.94. The van der Waals surface area contributed by atoms with E-state index in [4.69, 9.17) is 35.4 Å². The van der Waals surface area contributed by atoms with Gasteiger partial charge in [0.25, 0.3) is 0 Å². The molecule has 1 unspecified atom stereocenters. The van der Waals surface area contributed by atoms with E-state index in [-0.39, 0.29) is 11.5 Å². The zero-order valence-electron chi connectivity index (χ0n) is 13.3. The number of rotatable bonds is 4. The lowest BCUT2D eigenvalue weighted by molar-refractivity contribution is 0.262. The van der Waals surface area contributed by atoms with Crippen molar-refractivity contribution in [1.82, 2.24) is 15.1 Å². The van der Waals surface area contributed by atoms with Crippen LogP contribution in [-0.2, 0) is 6.54 Å². The fraction of sp³-hybridized carbons (Fsp3) is 0.375. The third-order valence-electron chi connectivity index (χ3n) is 3.46. The highest BCUT2D eigenvalue weighted by Gasteiger charge is 2.26. The lowest BCUT2D eigenvalue weighted by Crippen LogP contribution is -2.48. The number of aromatic nitrogens is 2. The second-order valence-corrected chi connectivity index (χ2v) is 7.62. The number of hydrogen-bond acceptors (Lipinski definition) is 2. The van der Waals surface area contributed by atoms with Gasteiger partial charge in [-0.25, -0.2) is 0 Å². The molecule has 1 aromatic carbocycles. The van der Waals surface area contributed by atoms with Crippen molar-refractivity contribution in [2.24, 2.45) is 5.41 Å². The Kier molecular flexibility index (Phi) is 5.89. The molecule has 1 atom stereocenters. The standard InChI is InChI=1S/C16H20Cl2N4S/c1-16(2,3)14(10-22-8-4-7-19-22)21-15(23)20-13-9-11(17)5-6-12(13)18/h4-9,14H,10H2,1-3H3,(H2,20,21,23). The van der Waals surface area contributed by atoms with E-state index in [0.717, 1.165) is 0 Å². The molecule has 0 spiro atoms.